The Balaban J connectivity index is 1.68. The highest BCUT2D eigenvalue weighted by atomic mass is 16.5. The van der Waals surface area contributed by atoms with Gasteiger partial charge in [0.1, 0.15) is 5.69 Å². The molecule has 0 aromatic carbocycles. The Morgan fingerprint density at radius 2 is 1.72 bits per heavy atom. The lowest BCUT2D eigenvalue weighted by Crippen LogP contribution is -2.01. The average molecular weight is 332 g/mol. The second-order valence-electron chi connectivity index (χ2n) is 6.22. The van der Waals surface area contributed by atoms with Crippen molar-refractivity contribution in [3.8, 4) is 28.7 Å². The SMILES string of the molecule is COc1ccc(-c2cccc(-c3ncc4c(n3)CCCCC4)n2)cn1. The van der Waals surface area contributed by atoms with E-state index in [0.717, 1.165) is 29.8 Å². The summed E-state index contributed by atoms with van der Waals surface area (Å²) in [7, 11) is 1.61. The Hall–Kier alpha value is -2.82. The summed E-state index contributed by atoms with van der Waals surface area (Å²) in [5.41, 5.74) is 5.06. The summed E-state index contributed by atoms with van der Waals surface area (Å²) < 4.78 is 5.11. The van der Waals surface area contributed by atoms with Crippen molar-refractivity contribution in [3.05, 3.63) is 54.0 Å². The van der Waals surface area contributed by atoms with Crippen molar-refractivity contribution in [3.63, 3.8) is 0 Å². The van der Waals surface area contributed by atoms with Crippen LogP contribution in [0.4, 0.5) is 0 Å². The zero-order valence-electron chi connectivity index (χ0n) is 14.3. The van der Waals surface area contributed by atoms with Gasteiger partial charge in [-0.2, -0.15) is 0 Å². The number of ether oxygens (including phenoxy) is 1. The molecule has 0 unspecified atom stereocenters. The Labute approximate surface area is 147 Å². The van der Waals surface area contributed by atoms with E-state index in [4.69, 9.17) is 14.7 Å². The van der Waals surface area contributed by atoms with Crippen molar-refractivity contribution in [2.24, 2.45) is 0 Å². The molecule has 1 aliphatic carbocycles. The highest BCUT2D eigenvalue weighted by molar-refractivity contribution is 5.62. The third kappa shape index (κ3) is 3.36. The summed E-state index contributed by atoms with van der Waals surface area (Å²) in [4.78, 5) is 18.3. The fraction of sp³-hybridized carbons (Fsp3) is 0.300. The van der Waals surface area contributed by atoms with Gasteiger partial charge in [0, 0.05) is 29.7 Å². The zero-order chi connectivity index (χ0) is 17.1. The fourth-order valence-corrected chi connectivity index (χ4v) is 3.15. The third-order valence-electron chi connectivity index (χ3n) is 4.53. The maximum Gasteiger partial charge on any atom is 0.212 e. The van der Waals surface area contributed by atoms with Gasteiger partial charge in [0.05, 0.1) is 12.8 Å². The van der Waals surface area contributed by atoms with Gasteiger partial charge in [-0.15, -0.1) is 0 Å². The molecule has 5 nitrogen and oxygen atoms in total. The summed E-state index contributed by atoms with van der Waals surface area (Å²) in [6.07, 6.45) is 9.56. The summed E-state index contributed by atoms with van der Waals surface area (Å²) >= 11 is 0. The van der Waals surface area contributed by atoms with E-state index in [-0.39, 0.29) is 0 Å². The molecule has 4 rings (SSSR count). The molecule has 0 spiro atoms. The van der Waals surface area contributed by atoms with Gasteiger partial charge in [-0.3, -0.25) is 0 Å². The molecule has 5 heteroatoms. The van der Waals surface area contributed by atoms with Crippen molar-refractivity contribution in [2.75, 3.05) is 7.11 Å². The standard InChI is InChI=1S/C20H20N4O/c1-25-19-11-10-15(12-21-19)16-8-5-9-18(23-16)20-22-13-14-6-3-2-4-7-17(14)24-20/h5,8-13H,2-4,6-7H2,1H3. The summed E-state index contributed by atoms with van der Waals surface area (Å²) in [6, 6.07) is 9.70. The van der Waals surface area contributed by atoms with Crippen molar-refractivity contribution >= 4 is 0 Å². The first-order chi connectivity index (χ1) is 12.3. The molecule has 0 saturated carbocycles. The predicted molar refractivity (Wildman–Crippen MR) is 96.3 cm³/mol. The Morgan fingerprint density at radius 1 is 0.840 bits per heavy atom. The largest absolute Gasteiger partial charge is 0.481 e. The van der Waals surface area contributed by atoms with E-state index in [2.05, 4.69) is 9.97 Å². The van der Waals surface area contributed by atoms with Gasteiger partial charge >= 0.3 is 0 Å². The molecular weight excluding hydrogens is 312 g/mol. The minimum atomic E-state index is 0.592. The van der Waals surface area contributed by atoms with E-state index >= 15 is 0 Å². The van der Waals surface area contributed by atoms with Gasteiger partial charge in [-0.1, -0.05) is 12.5 Å². The van der Waals surface area contributed by atoms with Crippen LogP contribution in [0.1, 0.15) is 30.5 Å². The number of rotatable bonds is 3. The van der Waals surface area contributed by atoms with Crippen LogP contribution in [-0.2, 0) is 12.8 Å². The van der Waals surface area contributed by atoms with E-state index in [1.165, 1.54) is 30.5 Å². The Bertz CT molecular complexity index is 877. The molecule has 3 aromatic rings. The van der Waals surface area contributed by atoms with Crippen molar-refractivity contribution in [2.45, 2.75) is 32.1 Å². The number of fused-ring (bicyclic) bond motifs is 1. The zero-order valence-corrected chi connectivity index (χ0v) is 14.3. The molecule has 0 bridgehead atoms. The molecular formula is C20H20N4O. The first-order valence-corrected chi connectivity index (χ1v) is 8.66. The molecule has 3 aromatic heterocycles. The lowest BCUT2D eigenvalue weighted by atomic mass is 10.1. The van der Waals surface area contributed by atoms with Crippen LogP contribution in [0.3, 0.4) is 0 Å². The molecule has 0 radical (unpaired) electrons. The van der Waals surface area contributed by atoms with E-state index in [1.807, 2.05) is 36.5 Å². The minimum Gasteiger partial charge on any atom is -0.481 e. The molecule has 25 heavy (non-hydrogen) atoms. The summed E-state index contributed by atoms with van der Waals surface area (Å²) in [6.45, 7) is 0. The van der Waals surface area contributed by atoms with E-state index < -0.39 is 0 Å². The van der Waals surface area contributed by atoms with Gasteiger partial charge in [-0.25, -0.2) is 19.9 Å². The molecule has 0 atom stereocenters. The van der Waals surface area contributed by atoms with Gasteiger partial charge in [0.15, 0.2) is 5.82 Å². The molecule has 1 aliphatic rings. The molecule has 0 amide bonds. The van der Waals surface area contributed by atoms with Crippen molar-refractivity contribution in [1.82, 2.24) is 19.9 Å². The minimum absolute atomic E-state index is 0.592. The Kier molecular flexibility index (Phi) is 4.37. The van der Waals surface area contributed by atoms with Gasteiger partial charge in [0.25, 0.3) is 0 Å². The fourth-order valence-electron chi connectivity index (χ4n) is 3.15. The maximum absolute atomic E-state index is 5.11. The van der Waals surface area contributed by atoms with Crippen LogP contribution >= 0.6 is 0 Å². The highest BCUT2D eigenvalue weighted by Crippen LogP contribution is 2.24. The van der Waals surface area contributed by atoms with Crippen LogP contribution in [-0.4, -0.2) is 27.0 Å². The van der Waals surface area contributed by atoms with Crippen LogP contribution in [0.2, 0.25) is 0 Å². The first-order valence-electron chi connectivity index (χ1n) is 8.66. The normalized spacial score (nSPS) is 13.8. The topological polar surface area (TPSA) is 60.8 Å². The lowest BCUT2D eigenvalue weighted by Gasteiger charge is -2.08. The molecule has 0 saturated heterocycles. The molecule has 0 N–H and O–H groups in total. The van der Waals surface area contributed by atoms with Crippen LogP contribution in [0.25, 0.3) is 22.8 Å². The number of pyridine rings is 2. The first kappa shape index (κ1) is 15.7. The van der Waals surface area contributed by atoms with E-state index in [1.54, 1.807) is 13.3 Å². The average Bonchev–Trinajstić information content (AvgIpc) is 2.93. The summed E-state index contributed by atoms with van der Waals surface area (Å²) in [5, 5.41) is 0. The molecule has 3 heterocycles. The number of methoxy groups -OCH3 is 1. The molecule has 0 aliphatic heterocycles. The van der Waals surface area contributed by atoms with E-state index in [0.29, 0.717) is 11.7 Å². The second kappa shape index (κ2) is 6.97. The quantitative estimate of drug-likeness (QED) is 0.681. The lowest BCUT2D eigenvalue weighted by molar-refractivity contribution is 0.398. The van der Waals surface area contributed by atoms with Gasteiger partial charge in [-0.05, 0) is 49.4 Å². The third-order valence-corrected chi connectivity index (χ3v) is 4.53. The van der Waals surface area contributed by atoms with Crippen LogP contribution in [0, 0.1) is 0 Å². The van der Waals surface area contributed by atoms with Gasteiger partial charge in [0.2, 0.25) is 5.88 Å². The van der Waals surface area contributed by atoms with Crippen molar-refractivity contribution < 1.29 is 4.74 Å². The van der Waals surface area contributed by atoms with E-state index in [9.17, 15) is 0 Å². The van der Waals surface area contributed by atoms with Crippen LogP contribution in [0.5, 0.6) is 5.88 Å². The van der Waals surface area contributed by atoms with Gasteiger partial charge < -0.3 is 4.74 Å². The molecule has 126 valence electrons. The number of aryl methyl sites for hydroxylation is 2. The van der Waals surface area contributed by atoms with Crippen molar-refractivity contribution in [1.29, 1.82) is 0 Å². The summed E-state index contributed by atoms with van der Waals surface area (Å²) in [5.74, 6) is 1.29. The Morgan fingerprint density at radius 3 is 2.56 bits per heavy atom. The maximum atomic E-state index is 5.11. The van der Waals surface area contributed by atoms with Crippen LogP contribution in [0.15, 0.2) is 42.7 Å². The number of nitrogens with zero attached hydrogens (tertiary/aromatic N) is 4. The monoisotopic (exact) mass is 332 g/mol. The predicted octanol–water partition coefficient (Wildman–Crippen LogP) is 3.88. The van der Waals surface area contributed by atoms with Crippen LogP contribution < -0.4 is 4.74 Å². The highest BCUT2D eigenvalue weighted by Gasteiger charge is 2.13. The number of hydrogen-bond acceptors (Lipinski definition) is 5. The second-order valence-corrected chi connectivity index (χ2v) is 6.22. The number of aromatic nitrogens is 4. The molecule has 0 fully saturated rings. The number of hydrogen-bond donors (Lipinski definition) is 0. The smallest absolute Gasteiger partial charge is 0.212 e.